The lowest BCUT2D eigenvalue weighted by Gasteiger charge is -2.53. The molecule has 1 aliphatic carbocycles. The zero-order valence-corrected chi connectivity index (χ0v) is 20.4. The number of alkyl halides is 3. The molecule has 0 unspecified atom stereocenters. The van der Waals surface area contributed by atoms with Crippen LogP contribution in [0.5, 0.6) is 0 Å². The Kier molecular flexibility index (Phi) is 5.70. The van der Waals surface area contributed by atoms with Crippen molar-refractivity contribution >= 4 is 17.6 Å². The summed E-state index contributed by atoms with van der Waals surface area (Å²) in [5.41, 5.74) is -1.84. The summed E-state index contributed by atoms with van der Waals surface area (Å²) in [6.45, 7) is 10.4. The van der Waals surface area contributed by atoms with Crippen LogP contribution in [-0.4, -0.2) is 48.3 Å². The summed E-state index contributed by atoms with van der Waals surface area (Å²) in [6, 6.07) is 2.76. The lowest BCUT2D eigenvalue weighted by Crippen LogP contribution is -2.59. The Morgan fingerprint density at radius 3 is 2.24 bits per heavy atom. The monoisotopic (exact) mass is 479 g/mol. The van der Waals surface area contributed by atoms with Crippen molar-refractivity contribution in [1.29, 1.82) is 0 Å². The third-order valence-electron chi connectivity index (χ3n) is 7.21. The van der Waals surface area contributed by atoms with Crippen LogP contribution in [0.3, 0.4) is 0 Å². The summed E-state index contributed by atoms with van der Waals surface area (Å²) >= 11 is 0. The highest BCUT2D eigenvalue weighted by Gasteiger charge is 2.44. The molecular weight excluding hydrogens is 447 g/mol. The fraction of sp³-hybridized carbons (Fsp3) is 0.652. The van der Waals surface area contributed by atoms with Crippen molar-refractivity contribution in [1.82, 2.24) is 24.6 Å². The van der Waals surface area contributed by atoms with Crippen molar-refractivity contribution in [2.75, 3.05) is 17.7 Å². The third-order valence-corrected chi connectivity index (χ3v) is 7.21. The Hall–Kier alpha value is -2.69. The topological polar surface area (TPSA) is 88.0 Å². The summed E-state index contributed by atoms with van der Waals surface area (Å²) in [5.74, 6) is -0.00360. The van der Waals surface area contributed by atoms with Crippen LogP contribution in [0.4, 0.5) is 30.8 Å². The molecular formula is C23H32F3N7O. The Balaban J connectivity index is 1.63. The molecule has 0 aromatic carbocycles. The highest BCUT2D eigenvalue weighted by molar-refractivity contribution is 5.55. The number of hydrogen-bond donors (Lipinski definition) is 2. The van der Waals surface area contributed by atoms with Crippen LogP contribution in [-0.2, 0) is 6.18 Å². The van der Waals surface area contributed by atoms with Crippen molar-refractivity contribution in [3.05, 3.63) is 34.2 Å². The molecule has 34 heavy (non-hydrogen) atoms. The minimum atomic E-state index is -4.58. The van der Waals surface area contributed by atoms with Gasteiger partial charge in [0.25, 0.3) is 5.56 Å². The van der Waals surface area contributed by atoms with Crippen LogP contribution in [0.2, 0.25) is 0 Å². The van der Waals surface area contributed by atoms with Crippen LogP contribution in [0.1, 0.15) is 71.9 Å². The molecule has 0 amide bonds. The number of piperidine rings is 1. The molecule has 2 aliphatic rings. The number of likely N-dealkylation sites (tertiary alicyclic amines) is 1. The minimum Gasteiger partial charge on any atom is -0.364 e. The second-order valence-corrected chi connectivity index (χ2v) is 11.0. The van der Waals surface area contributed by atoms with Gasteiger partial charge in [-0.25, -0.2) is 9.67 Å². The molecule has 11 heteroatoms. The van der Waals surface area contributed by atoms with Crippen LogP contribution >= 0.6 is 0 Å². The predicted octanol–water partition coefficient (Wildman–Crippen LogP) is 4.58. The quantitative estimate of drug-likeness (QED) is 0.649. The lowest BCUT2D eigenvalue weighted by molar-refractivity contribution is -0.137. The first kappa shape index (κ1) is 24.4. The lowest BCUT2D eigenvalue weighted by atomic mass is 9.77. The molecule has 0 spiro atoms. The van der Waals surface area contributed by atoms with Gasteiger partial charge in [0.15, 0.2) is 5.82 Å². The van der Waals surface area contributed by atoms with Gasteiger partial charge in [-0.1, -0.05) is 0 Å². The fourth-order valence-corrected chi connectivity index (χ4v) is 4.70. The summed E-state index contributed by atoms with van der Waals surface area (Å²) in [4.78, 5) is 23.0. The first-order chi connectivity index (χ1) is 15.6. The summed E-state index contributed by atoms with van der Waals surface area (Å²) in [6.07, 6.45) is -0.814. The molecule has 1 aliphatic heterocycles. The van der Waals surface area contributed by atoms with Crippen molar-refractivity contribution in [2.24, 2.45) is 0 Å². The number of nitrogens with one attached hydrogen (secondary N) is 2. The number of rotatable bonds is 5. The number of nitrogens with zero attached hydrogens (tertiary/aromatic N) is 5. The van der Waals surface area contributed by atoms with Crippen molar-refractivity contribution in [3.63, 3.8) is 0 Å². The highest BCUT2D eigenvalue weighted by atomic mass is 19.4. The average Bonchev–Trinajstić information content (AvgIpc) is 3.43. The summed E-state index contributed by atoms with van der Waals surface area (Å²) < 4.78 is 41.9. The summed E-state index contributed by atoms with van der Waals surface area (Å²) in [5, 5.41) is 10.3. The summed E-state index contributed by atoms with van der Waals surface area (Å²) in [7, 11) is 2.08. The van der Waals surface area contributed by atoms with E-state index in [1.54, 1.807) is 0 Å². The molecule has 2 N–H and O–H groups in total. The molecule has 8 nitrogen and oxygen atoms in total. The maximum atomic E-state index is 13.5. The van der Waals surface area contributed by atoms with E-state index in [9.17, 15) is 18.0 Å². The van der Waals surface area contributed by atoms with E-state index in [-0.39, 0.29) is 40.3 Å². The number of anilines is 3. The van der Waals surface area contributed by atoms with E-state index in [0.29, 0.717) is 0 Å². The molecule has 0 atom stereocenters. The Morgan fingerprint density at radius 2 is 1.68 bits per heavy atom. The van der Waals surface area contributed by atoms with Gasteiger partial charge in [-0.3, -0.25) is 9.69 Å². The smallest absolute Gasteiger partial charge is 0.364 e. The Morgan fingerprint density at radius 1 is 1.06 bits per heavy atom. The molecule has 2 aromatic rings. The highest BCUT2D eigenvalue weighted by Crippen LogP contribution is 2.43. The van der Waals surface area contributed by atoms with Crippen LogP contribution < -0.4 is 16.2 Å². The minimum absolute atomic E-state index is 0.0264. The van der Waals surface area contributed by atoms with Crippen LogP contribution in [0, 0.1) is 0 Å². The van der Waals surface area contributed by atoms with E-state index in [1.807, 2.05) is 6.92 Å². The van der Waals surface area contributed by atoms with E-state index in [1.165, 1.54) is 16.8 Å². The second-order valence-electron chi connectivity index (χ2n) is 11.0. The van der Waals surface area contributed by atoms with Gasteiger partial charge in [-0.05, 0) is 73.4 Å². The van der Waals surface area contributed by atoms with Crippen LogP contribution in [0.15, 0.2) is 23.1 Å². The molecule has 4 rings (SSSR count). The largest absolute Gasteiger partial charge is 0.421 e. The molecule has 3 heterocycles. The third kappa shape index (κ3) is 4.89. The standard InChI is InChI=1S/C23H32F3N7O/c1-20(2)11-14(12-21(3,4)32(20)6)33-17(34)8-7-16(31-33)28-19-27-13-15(23(24,25)26)18(29-19)30-22(5)9-10-22/h7-8,13-14H,9-12H2,1-6H3,(H2,27,28,29,30,31). The zero-order chi connectivity index (χ0) is 25.1. The van der Waals surface area contributed by atoms with Gasteiger partial charge in [0.05, 0.1) is 6.04 Å². The predicted molar refractivity (Wildman–Crippen MR) is 124 cm³/mol. The molecule has 1 saturated carbocycles. The maximum absolute atomic E-state index is 13.5. The van der Waals surface area contributed by atoms with Crippen molar-refractivity contribution in [3.8, 4) is 0 Å². The maximum Gasteiger partial charge on any atom is 0.421 e. The normalized spacial score (nSPS) is 21.8. The van der Waals surface area contributed by atoms with Gasteiger partial charge in [0.1, 0.15) is 11.4 Å². The van der Waals surface area contributed by atoms with E-state index >= 15 is 0 Å². The first-order valence-electron chi connectivity index (χ1n) is 11.4. The number of hydrogen-bond acceptors (Lipinski definition) is 7. The van der Waals surface area contributed by atoms with Gasteiger partial charge in [0, 0.05) is 28.9 Å². The zero-order valence-electron chi connectivity index (χ0n) is 20.4. The molecule has 186 valence electrons. The van der Waals surface area contributed by atoms with Crippen molar-refractivity contribution < 1.29 is 13.2 Å². The molecule has 1 saturated heterocycles. The molecule has 2 fully saturated rings. The molecule has 0 radical (unpaired) electrons. The number of halogens is 3. The second kappa shape index (κ2) is 7.93. The van der Waals surface area contributed by atoms with Gasteiger partial charge < -0.3 is 10.6 Å². The Labute approximate surface area is 197 Å². The average molecular weight is 480 g/mol. The van der Waals surface area contributed by atoms with Gasteiger partial charge in [0.2, 0.25) is 5.95 Å². The fourth-order valence-electron chi connectivity index (χ4n) is 4.70. The van der Waals surface area contributed by atoms with E-state index in [2.05, 4.69) is 65.3 Å². The molecule has 0 bridgehead atoms. The van der Waals surface area contributed by atoms with Crippen LogP contribution in [0.25, 0.3) is 0 Å². The SMILES string of the molecule is CN1C(C)(C)CC(n2nc(Nc3ncc(C(F)(F)F)c(NC4(C)CC4)n3)ccc2=O)CC1(C)C. The van der Waals surface area contributed by atoms with E-state index in [0.717, 1.165) is 31.9 Å². The number of aromatic nitrogens is 4. The van der Waals surface area contributed by atoms with E-state index in [4.69, 9.17) is 0 Å². The first-order valence-corrected chi connectivity index (χ1v) is 11.4. The van der Waals surface area contributed by atoms with Gasteiger partial charge in [-0.2, -0.15) is 23.3 Å². The van der Waals surface area contributed by atoms with Gasteiger partial charge in [-0.15, -0.1) is 0 Å². The van der Waals surface area contributed by atoms with E-state index < -0.39 is 17.3 Å². The molecule has 2 aromatic heterocycles. The van der Waals surface area contributed by atoms with Gasteiger partial charge >= 0.3 is 6.18 Å². The van der Waals surface area contributed by atoms with Crippen molar-refractivity contribution in [2.45, 2.75) is 89.1 Å². The Bertz CT molecular complexity index is 1120.